The van der Waals surface area contributed by atoms with Crippen LogP contribution < -0.4 is 15.4 Å². The first-order chi connectivity index (χ1) is 11.7. The van der Waals surface area contributed by atoms with E-state index in [1.54, 1.807) is 58.0 Å². The van der Waals surface area contributed by atoms with Crippen molar-refractivity contribution in [3.8, 4) is 5.75 Å². The Labute approximate surface area is 146 Å². The minimum atomic E-state index is -0.761. The van der Waals surface area contributed by atoms with Crippen LogP contribution in [0.4, 0.5) is 9.59 Å². The number of hydrogen-bond acceptors (Lipinski definition) is 6. The summed E-state index contributed by atoms with van der Waals surface area (Å²) in [7, 11) is 0. The Kier molecular flexibility index (Phi) is 7.71. The molecule has 0 aromatic heterocycles. The van der Waals surface area contributed by atoms with Crippen LogP contribution in [0, 0.1) is 0 Å². The van der Waals surface area contributed by atoms with Gasteiger partial charge in [-0.3, -0.25) is 4.79 Å². The fraction of sp³-hybridized carbons (Fsp3) is 0.471. The summed E-state index contributed by atoms with van der Waals surface area (Å²) < 4.78 is 15.1. The average Bonchev–Trinajstić information content (AvgIpc) is 2.50. The first-order valence-electron chi connectivity index (χ1n) is 7.83. The molecule has 1 unspecified atom stereocenters. The van der Waals surface area contributed by atoms with E-state index >= 15 is 0 Å². The quantitative estimate of drug-likeness (QED) is 0.761. The third kappa shape index (κ3) is 9.85. The molecular formula is C17H24N2O6. The van der Waals surface area contributed by atoms with E-state index in [1.165, 1.54) is 0 Å². The highest BCUT2D eigenvalue weighted by Crippen LogP contribution is 2.08. The summed E-state index contributed by atoms with van der Waals surface area (Å²) in [5.41, 5.74) is -0.604. The van der Waals surface area contributed by atoms with Gasteiger partial charge < -0.3 is 24.8 Å². The number of nitrogens with one attached hydrogen (secondary N) is 2. The van der Waals surface area contributed by atoms with Crippen LogP contribution in [0.15, 0.2) is 30.3 Å². The van der Waals surface area contributed by atoms with Crippen molar-refractivity contribution in [1.29, 1.82) is 0 Å². The maximum atomic E-state index is 11.6. The standard InChI is InChI=1S/C17H24N2O6/c1-12(10-18-16(22)25-17(2,3)4)23-14(20)11-19-15(21)24-13-8-6-5-7-9-13/h5-9,12H,10-11H2,1-4H3,(H,18,22)(H,19,21). The molecule has 0 saturated heterocycles. The molecule has 0 aliphatic heterocycles. The van der Waals surface area contributed by atoms with Crippen LogP contribution in [0.5, 0.6) is 5.75 Å². The molecule has 25 heavy (non-hydrogen) atoms. The van der Waals surface area contributed by atoms with E-state index in [-0.39, 0.29) is 13.1 Å². The van der Waals surface area contributed by atoms with Crippen LogP contribution in [0.2, 0.25) is 0 Å². The molecule has 138 valence electrons. The van der Waals surface area contributed by atoms with E-state index in [2.05, 4.69) is 10.6 Å². The second-order valence-electron chi connectivity index (χ2n) is 6.24. The van der Waals surface area contributed by atoms with Crippen molar-refractivity contribution in [2.24, 2.45) is 0 Å². The summed E-state index contributed by atoms with van der Waals surface area (Å²) in [4.78, 5) is 34.7. The van der Waals surface area contributed by atoms with Gasteiger partial charge in [-0.2, -0.15) is 0 Å². The zero-order valence-electron chi connectivity index (χ0n) is 14.8. The fourth-order valence-corrected chi connectivity index (χ4v) is 1.62. The summed E-state index contributed by atoms with van der Waals surface area (Å²) >= 11 is 0. The van der Waals surface area contributed by atoms with Gasteiger partial charge in [-0.1, -0.05) is 18.2 Å². The number of esters is 1. The molecule has 2 N–H and O–H groups in total. The van der Waals surface area contributed by atoms with Gasteiger partial charge in [-0.15, -0.1) is 0 Å². The molecule has 1 rings (SSSR count). The van der Waals surface area contributed by atoms with E-state index in [1.807, 2.05) is 0 Å². The van der Waals surface area contributed by atoms with Gasteiger partial charge in [-0.05, 0) is 39.8 Å². The van der Waals surface area contributed by atoms with Crippen LogP contribution in [-0.4, -0.2) is 43.0 Å². The molecule has 8 nitrogen and oxygen atoms in total. The van der Waals surface area contributed by atoms with Gasteiger partial charge in [-0.25, -0.2) is 9.59 Å². The van der Waals surface area contributed by atoms with E-state index in [4.69, 9.17) is 14.2 Å². The molecule has 0 heterocycles. The van der Waals surface area contributed by atoms with E-state index in [0.29, 0.717) is 5.75 Å². The molecule has 1 aromatic carbocycles. The largest absolute Gasteiger partial charge is 0.459 e. The Morgan fingerprint density at radius 2 is 1.68 bits per heavy atom. The summed E-state index contributed by atoms with van der Waals surface area (Å²) in [6, 6.07) is 8.45. The van der Waals surface area contributed by atoms with Crippen molar-refractivity contribution < 1.29 is 28.6 Å². The molecule has 0 fully saturated rings. The Hall–Kier alpha value is -2.77. The summed E-state index contributed by atoms with van der Waals surface area (Å²) in [5.74, 6) is -0.285. The second-order valence-corrected chi connectivity index (χ2v) is 6.24. The normalized spacial score (nSPS) is 11.8. The first-order valence-corrected chi connectivity index (χ1v) is 7.83. The van der Waals surface area contributed by atoms with E-state index in [0.717, 1.165) is 0 Å². The molecule has 2 amide bonds. The highest BCUT2D eigenvalue weighted by molar-refractivity contribution is 5.79. The molecule has 1 aromatic rings. The van der Waals surface area contributed by atoms with Gasteiger partial charge >= 0.3 is 18.2 Å². The Morgan fingerprint density at radius 3 is 2.28 bits per heavy atom. The van der Waals surface area contributed by atoms with Crippen molar-refractivity contribution in [2.45, 2.75) is 39.4 Å². The van der Waals surface area contributed by atoms with Gasteiger partial charge in [0.05, 0.1) is 6.54 Å². The van der Waals surface area contributed by atoms with Crippen molar-refractivity contribution in [2.75, 3.05) is 13.1 Å². The SMILES string of the molecule is CC(CNC(=O)OC(C)(C)C)OC(=O)CNC(=O)Oc1ccccc1. The number of rotatable bonds is 6. The van der Waals surface area contributed by atoms with Gasteiger partial charge in [0.2, 0.25) is 0 Å². The molecular weight excluding hydrogens is 328 g/mol. The van der Waals surface area contributed by atoms with Crippen LogP contribution in [0.1, 0.15) is 27.7 Å². The van der Waals surface area contributed by atoms with Gasteiger partial charge in [0.25, 0.3) is 0 Å². The Morgan fingerprint density at radius 1 is 1.04 bits per heavy atom. The summed E-state index contributed by atoms with van der Waals surface area (Å²) in [5, 5.41) is 4.78. The Balaban J connectivity index is 2.22. The number of para-hydroxylation sites is 1. The van der Waals surface area contributed by atoms with Gasteiger partial charge in [0.1, 0.15) is 24.0 Å². The fourth-order valence-electron chi connectivity index (χ4n) is 1.62. The summed E-state index contributed by atoms with van der Waals surface area (Å²) in [6.07, 6.45) is -1.94. The van der Waals surface area contributed by atoms with Crippen molar-refractivity contribution >= 4 is 18.2 Å². The lowest BCUT2D eigenvalue weighted by Crippen LogP contribution is -2.39. The average molecular weight is 352 g/mol. The number of alkyl carbamates (subject to hydrolysis) is 1. The van der Waals surface area contributed by atoms with Crippen LogP contribution in [-0.2, 0) is 14.3 Å². The maximum absolute atomic E-state index is 11.6. The second kappa shape index (κ2) is 9.51. The van der Waals surface area contributed by atoms with Crippen LogP contribution in [0.25, 0.3) is 0 Å². The monoisotopic (exact) mass is 352 g/mol. The lowest BCUT2D eigenvalue weighted by atomic mass is 10.2. The molecule has 1 atom stereocenters. The lowest BCUT2D eigenvalue weighted by molar-refractivity contribution is -0.146. The van der Waals surface area contributed by atoms with E-state index < -0.39 is 29.9 Å². The molecule has 0 radical (unpaired) electrons. The zero-order chi connectivity index (χ0) is 18.9. The first kappa shape index (κ1) is 20.3. The van der Waals surface area contributed by atoms with Crippen molar-refractivity contribution in [1.82, 2.24) is 10.6 Å². The maximum Gasteiger partial charge on any atom is 0.413 e. The summed E-state index contributed by atoms with van der Waals surface area (Å²) in [6.45, 7) is 6.60. The smallest absolute Gasteiger partial charge is 0.413 e. The lowest BCUT2D eigenvalue weighted by Gasteiger charge is -2.21. The number of ether oxygens (including phenoxy) is 3. The molecule has 0 saturated carbocycles. The van der Waals surface area contributed by atoms with Gasteiger partial charge in [0.15, 0.2) is 0 Å². The van der Waals surface area contributed by atoms with Crippen LogP contribution in [0.3, 0.4) is 0 Å². The third-order valence-electron chi connectivity index (χ3n) is 2.60. The number of carbonyl (C=O) groups is 3. The van der Waals surface area contributed by atoms with Crippen molar-refractivity contribution in [3.63, 3.8) is 0 Å². The highest BCUT2D eigenvalue weighted by Gasteiger charge is 2.17. The third-order valence-corrected chi connectivity index (χ3v) is 2.60. The van der Waals surface area contributed by atoms with E-state index in [9.17, 15) is 14.4 Å². The minimum Gasteiger partial charge on any atom is -0.459 e. The molecule has 0 aliphatic rings. The van der Waals surface area contributed by atoms with Crippen LogP contribution >= 0.6 is 0 Å². The predicted molar refractivity (Wildman–Crippen MR) is 90.3 cm³/mol. The molecule has 0 bridgehead atoms. The Bertz CT molecular complexity index is 583. The molecule has 8 heteroatoms. The highest BCUT2D eigenvalue weighted by atomic mass is 16.6. The van der Waals surface area contributed by atoms with Gasteiger partial charge in [0, 0.05) is 0 Å². The number of hydrogen-bond donors (Lipinski definition) is 2. The number of benzene rings is 1. The predicted octanol–water partition coefficient (Wildman–Crippen LogP) is 2.23. The number of amides is 2. The van der Waals surface area contributed by atoms with Crippen molar-refractivity contribution in [3.05, 3.63) is 30.3 Å². The molecule has 0 aliphatic carbocycles. The minimum absolute atomic E-state index is 0.0924. The molecule has 0 spiro atoms. The zero-order valence-corrected chi connectivity index (χ0v) is 14.8. The topological polar surface area (TPSA) is 103 Å². The number of carbonyl (C=O) groups excluding carboxylic acids is 3.